The fourth-order valence-electron chi connectivity index (χ4n) is 7.58. The molecule has 0 saturated carbocycles. The van der Waals surface area contributed by atoms with Crippen molar-refractivity contribution in [3.63, 3.8) is 0 Å². The summed E-state index contributed by atoms with van der Waals surface area (Å²) in [5.41, 5.74) is 7.59. The predicted octanol–water partition coefficient (Wildman–Crippen LogP) is 13.7. The van der Waals surface area contributed by atoms with E-state index in [1.165, 1.54) is 96.6 Å². The van der Waals surface area contributed by atoms with Crippen LogP contribution >= 0.6 is 11.3 Å². The molecule has 1 heterocycles. The Morgan fingerprint density at radius 2 is 0.660 bits per heavy atom. The predicted molar refractivity (Wildman–Crippen MR) is 206 cm³/mol. The van der Waals surface area contributed by atoms with E-state index >= 15 is 0 Å². The largest absolute Gasteiger partial charge is 0.135 e. The molecule has 1 aromatic heterocycles. The van der Waals surface area contributed by atoms with E-state index in [0.29, 0.717) is 0 Å². The molecule has 0 amide bonds. The molecule has 0 fully saturated rings. The topological polar surface area (TPSA) is 0 Å². The van der Waals surface area contributed by atoms with Gasteiger partial charge in [0, 0.05) is 20.2 Å². The van der Waals surface area contributed by atoms with Gasteiger partial charge in [0.25, 0.3) is 0 Å². The van der Waals surface area contributed by atoms with Gasteiger partial charge in [0.2, 0.25) is 0 Å². The zero-order valence-corrected chi connectivity index (χ0v) is 26.4. The summed E-state index contributed by atoms with van der Waals surface area (Å²) in [4.78, 5) is 0. The molecule has 0 radical (unpaired) electrons. The van der Waals surface area contributed by atoms with Crippen molar-refractivity contribution < 1.29 is 0 Å². The van der Waals surface area contributed by atoms with Gasteiger partial charge in [-0.3, -0.25) is 0 Å². The Bertz CT molecular complexity index is 2800. The van der Waals surface area contributed by atoms with Gasteiger partial charge in [-0.2, -0.15) is 0 Å². The fourth-order valence-corrected chi connectivity index (χ4v) is 8.67. The van der Waals surface area contributed by atoms with Crippen molar-refractivity contribution in [3.05, 3.63) is 170 Å². The number of fused-ring (bicyclic) bond motifs is 7. The van der Waals surface area contributed by atoms with Gasteiger partial charge in [0.15, 0.2) is 0 Å². The maximum Gasteiger partial charge on any atom is 0.0355 e. The summed E-state index contributed by atoms with van der Waals surface area (Å²) < 4.78 is 2.68. The summed E-state index contributed by atoms with van der Waals surface area (Å²) in [6.45, 7) is 0. The Hall–Kier alpha value is -5.76. The third-order valence-electron chi connectivity index (χ3n) is 9.81. The van der Waals surface area contributed by atoms with Gasteiger partial charge >= 0.3 is 0 Å². The number of hydrogen-bond donors (Lipinski definition) is 0. The zero-order chi connectivity index (χ0) is 30.9. The molecule has 0 nitrogen and oxygen atoms in total. The van der Waals surface area contributed by atoms with Crippen molar-refractivity contribution in [3.8, 4) is 33.4 Å². The standard InChI is InChI=1S/C46H28S/c1-2-10-30-26-35(21-17-29(30)9-1)45-38-12-3-5-14-40(38)46(41-15-6-4-13-39(41)45)36-22-20-31-25-32(18-19-33(31)27-36)34-23-24-44-42(28-34)37-11-7-8-16-43(37)47-44/h1-28H. The van der Waals surface area contributed by atoms with Gasteiger partial charge < -0.3 is 0 Å². The molecule has 0 N–H and O–H groups in total. The van der Waals surface area contributed by atoms with E-state index in [1.807, 2.05) is 11.3 Å². The van der Waals surface area contributed by atoms with Crippen LogP contribution in [-0.4, -0.2) is 0 Å². The molecule has 0 saturated heterocycles. The lowest BCUT2D eigenvalue weighted by Crippen LogP contribution is -1.91. The van der Waals surface area contributed by atoms with Gasteiger partial charge in [0.1, 0.15) is 0 Å². The van der Waals surface area contributed by atoms with Gasteiger partial charge in [-0.25, -0.2) is 0 Å². The highest BCUT2D eigenvalue weighted by molar-refractivity contribution is 7.25. The number of rotatable bonds is 3. The van der Waals surface area contributed by atoms with Crippen molar-refractivity contribution in [1.82, 2.24) is 0 Å². The van der Waals surface area contributed by atoms with Crippen LogP contribution in [0.15, 0.2) is 170 Å². The maximum absolute atomic E-state index is 2.37. The Labute approximate surface area is 276 Å². The lowest BCUT2D eigenvalue weighted by Gasteiger charge is -2.18. The van der Waals surface area contributed by atoms with Crippen LogP contribution in [0.5, 0.6) is 0 Å². The molecule has 0 aliphatic rings. The average molecular weight is 613 g/mol. The van der Waals surface area contributed by atoms with Crippen molar-refractivity contribution in [2.45, 2.75) is 0 Å². The maximum atomic E-state index is 2.37. The van der Waals surface area contributed by atoms with Crippen molar-refractivity contribution in [1.29, 1.82) is 0 Å². The van der Waals surface area contributed by atoms with Gasteiger partial charge in [-0.1, -0.05) is 133 Å². The van der Waals surface area contributed by atoms with Crippen LogP contribution in [0.2, 0.25) is 0 Å². The molecule has 0 spiro atoms. The molecule has 218 valence electrons. The summed E-state index contributed by atoms with van der Waals surface area (Å²) in [6.07, 6.45) is 0. The molecule has 0 bridgehead atoms. The second kappa shape index (κ2) is 10.4. The molecule has 0 atom stereocenters. The number of benzene rings is 9. The minimum Gasteiger partial charge on any atom is -0.135 e. The van der Waals surface area contributed by atoms with Crippen molar-refractivity contribution >= 4 is 74.6 Å². The Morgan fingerprint density at radius 3 is 1.30 bits per heavy atom. The summed E-state index contributed by atoms with van der Waals surface area (Å²) in [5.74, 6) is 0. The molecule has 1 heteroatoms. The van der Waals surface area contributed by atoms with Crippen LogP contribution in [0.1, 0.15) is 0 Å². The third kappa shape index (κ3) is 4.21. The van der Waals surface area contributed by atoms with E-state index in [-0.39, 0.29) is 0 Å². The summed E-state index contributed by atoms with van der Waals surface area (Å²) in [7, 11) is 0. The second-order valence-corrected chi connectivity index (χ2v) is 13.6. The van der Waals surface area contributed by atoms with E-state index in [4.69, 9.17) is 0 Å². The van der Waals surface area contributed by atoms with Crippen LogP contribution in [0.25, 0.3) is 96.6 Å². The first-order valence-corrected chi connectivity index (χ1v) is 17.0. The van der Waals surface area contributed by atoms with Gasteiger partial charge in [-0.05, 0) is 113 Å². The SMILES string of the molecule is c1ccc2cc(-c3c4ccccc4c(-c4ccc5cc(-c6ccc7sc8ccccc8c7c6)ccc5c4)c4ccccc34)ccc2c1. The molecule has 10 aromatic rings. The smallest absolute Gasteiger partial charge is 0.0355 e. The lowest BCUT2D eigenvalue weighted by atomic mass is 9.85. The molecule has 10 rings (SSSR count). The fraction of sp³-hybridized carbons (Fsp3) is 0. The lowest BCUT2D eigenvalue weighted by molar-refractivity contribution is 1.67. The molecule has 0 unspecified atom stereocenters. The van der Waals surface area contributed by atoms with E-state index in [9.17, 15) is 0 Å². The minimum atomic E-state index is 1.24. The average Bonchev–Trinajstić information content (AvgIpc) is 3.51. The highest BCUT2D eigenvalue weighted by Crippen LogP contribution is 2.45. The molecule has 47 heavy (non-hydrogen) atoms. The molecular weight excluding hydrogens is 585 g/mol. The van der Waals surface area contributed by atoms with Crippen molar-refractivity contribution in [2.75, 3.05) is 0 Å². The minimum absolute atomic E-state index is 1.24. The highest BCUT2D eigenvalue weighted by atomic mass is 32.1. The molecule has 0 aliphatic heterocycles. The number of thiophene rings is 1. The number of hydrogen-bond acceptors (Lipinski definition) is 1. The Kier molecular flexibility index (Phi) is 5.85. The zero-order valence-electron chi connectivity index (χ0n) is 25.6. The first kappa shape index (κ1) is 26.5. The Morgan fingerprint density at radius 1 is 0.255 bits per heavy atom. The van der Waals surface area contributed by atoms with Gasteiger partial charge in [-0.15, -0.1) is 11.3 Å². The van der Waals surface area contributed by atoms with Gasteiger partial charge in [0.05, 0.1) is 0 Å². The molecule has 0 aliphatic carbocycles. The monoisotopic (exact) mass is 612 g/mol. The van der Waals surface area contributed by atoms with E-state index in [2.05, 4.69) is 170 Å². The first-order chi connectivity index (χ1) is 23.3. The highest BCUT2D eigenvalue weighted by Gasteiger charge is 2.17. The van der Waals surface area contributed by atoms with Crippen LogP contribution in [0.4, 0.5) is 0 Å². The summed E-state index contributed by atoms with van der Waals surface area (Å²) >= 11 is 1.87. The van der Waals surface area contributed by atoms with E-state index in [1.54, 1.807) is 0 Å². The van der Waals surface area contributed by atoms with Crippen LogP contribution in [0, 0.1) is 0 Å². The summed E-state index contributed by atoms with van der Waals surface area (Å²) in [6, 6.07) is 62.9. The van der Waals surface area contributed by atoms with Crippen molar-refractivity contribution in [2.24, 2.45) is 0 Å². The van der Waals surface area contributed by atoms with Crippen LogP contribution < -0.4 is 0 Å². The van der Waals surface area contributed by atoms with Crippen LogP contribution in [0.3, 0.4) is 0 Å². The Balaban J connectivity index is 1.14. The van der Waals surface area contributed by atoms with Crippen LogP contribution in [-0.2, 0) is 0 Å². The molecular formula is C46H28S. The van der Waals surface area contributed by atoms with E-state index in [0.717, 1.165) is 0 Å². The third-order valence-corrected chi connectivity index (χ3v) is 11.0. The quantitative estimate of drug-likeness (QED) is 0.174. The van der Waals surface area contributed by atoms with E-state index < -0.39 is 0 Å². The second-order valence-electron chi connectivity index (χ2n) is 12.5. The normalized spacial score (nSPS) is 11.8. The first-order valence-electron chi connectivity index (χ1n) is 16.2. The molecule has 9 aromatic carbocycles. The summed E-state index contributed by atoms with van der Waals surface area (Å²) in [5, 5.41) is 12.8.